The summed E-state index contributed by atoms with van der Waals surface area (Å²) in [5.74, 6) is 0.894. The van der Waals surface area contributed by atoms with Crippen LogP contribution in [0.1, 0.15) is 35.5 Å². The summed E-state index contributed by atoms with van der Waals surface area (Å²) in [6, 6.07) is 10.2. The third-order valence-corrected chi connectivity index (χ3v) is 5.51. The highest BCUT2D eigenvalue weighted by Gasteiger charge is 2.33. The zero-order valence-corrected chi connectivity index (χ0v) is 16.0. The van der Waals surface area contributed by atoms with Crippen LogP contribution in [-0.2, 0) is 16.1 Å². The lowest BCUT2D eigenvalue weighted by atomic mass is 10.0. The van der Waals surface area contributed by atoms with Crippen LogP contribution in [0.25, 0.3) is 0 Å². The fourth-order valence-electron chi connectivity index (χ4n) is 2.96. The van der Waals surface area contributed by atoms with Gasteiger partial charge in [-0.3, -0.25) is 0 Å². The van der Waals surface area contributed by atoms with Gasteiger partial charge in [0.05, 0.1) is 30.3 Å². The van der Waals surface area contributed by atoms with E-state index >= 15 is 0 Å². The molecule has 0 amide bonds. The predicted octanol–water partition coefficient (Wildman–Crippen LogP) is 4.24. The van der Waals surface area contributed by atoms with Gasteiger partial charge in [0, 0.05) is 11.8 Å². The Morgan fingerprint density at radius 1 is 1.31 bits per heavy atom. The number of rotatable bonds is 5. The number of nitrogen functional groups attached to an aromatic ring is 1. The second kappa shape index (κ2) is 9.07. The van der Waals surface area contributed by atoms with Crippen molar-refractivity contribution in [3.63, 3.8) is 0 Å². The quantitative estimate of drug-likeness (QED) is 0.851. The van der Waals surface area contributed by atoms with Crippen molar-refractivity contribution < 1.29 is 9.47 Å². The number of nitrogens with zero attached hydrogens (tertiary/aromatic N) is 2. The molecule has 5 nitrogen and oxygen atoms in total. The number of hydrogen-bond acceptors (Lipinski definition) is 6. The van der Waals surface area contributed by atoms with Crippen molar-refractivity contribution in [2.24, 2.45) is 5.92 Å². The van der Waals surface area contributed by atoms with Gasteiger partial charge in [0.1, 0.15) is 12.1 Å². The van der Waals surface area contributed by atoms with Gasteiger partial charge in [-0.25, -0.2) is 9.97 Å². The zero-order valence-electron chi connectivity index (χ0n) is 15.2. The molecule has 0 aliphatic carbocycles. The molecule has 26 heavy (non-hydrogen) atoms. The highest BCUT2D eigenvalue weighted by atomic mass is 32.1. The number of aryl methyl sites for hydroxylation is 1. The van der Waals surface area contributed by atoms with Crippen LogP contribution in [0, 0.1) is 12.8 Å². The maximum Gasteiger partial charge on any atom is 0.128 e. The van der Waals surface area contributed by atoms with Gasteiger partial charge in [-0.1, -0.05) is 37.3 Å². The minimum absolute atomic E-state index is 0.0193. The normalized spacial score (nSPS) is 22.2. The summed E-state index contributed by atoms with van der Waals surface area (Å²) in [5, 5.41) is 2.01. The monoisotopic (exact) mass is 371 g/mol. The molecule has 6 heteroatoms. The van der Waals surface area contributed by atoms with Gasteiger partial charge in [-0.15, -0.1) is 11.3 Å². The van der Waals surface area contributed by atoms with Gasteiger partial charge in [0.25, 0.3) is 0 Å². The number of anilines is 1. The molecule has 3 atom stereocenters. The van der Waals surface area contributed by atoms with Crippen molar-refractivity contribution in [3.05, 3.63) is 64.2 Å². The largest absolute Gasteiger partial charge is 0.383 e. The van der Waals surface area contributed by atoms with Gasteiger partial charge < -0.3 is 15.2 Å². The Labute approximate surface area is 158 Å². The van der Waals surface area contributed by atoms with E-state index in [-0.39, 0.29) is 12.2 Å². The molecule has 1 aromatic heterocycles. The average Bonchev–Trinajstić information content (AvgIpc) is 3.04. The van der Waals surface area contributed by atoms with E-state index in [1.165, 1.54) is 11.9 Å². The fourth-order valence-corrected chi connectivity index (χ4v) is 3.94. The van der Waals surface area contributed by atoms with Gasteiger partial charge in [0.2, 0.25) is 0 Å². The lowest BCUT2D eigenvalue weighted by molar-refractivity contribution is -0.0227. The highest BCUT2D eigenvalue weighted by Crippen LogP contribution is 2.39. The first-order chi connectivity index (χ1) is 12.6. The number of aromatic nitrogens is 2. The van der Waals surface area contributed by atoms with Crippen LogP contribution in [0.4, 0.5) is 5.82 Å². The van der Waals surface area contributed by atoms with Crippen LogP contribution < -0.4 is 5.73 Å². The van der Waals surface area contributed by atoms with Crippen molar-refractivity contribution in [2.45, 2.75) is 39.1 Å². The minimum Gasteiger partial charge on any atom is -0.383 e. The summed E-state index contributed by atoms with van der Waals surface area (Å²) in [6.45, 7) is 5.37. The van der Waals surface area contributed by atoms with Crippen molar-refractivity contribution in [1.82, 2.24) is 9.97 Å². The Bertz CT molecular complexity index is 765. The van der Waals surface area contributed by atoms with E-state index in [0.717, 1.165) is 16.9 Å². The molecule has 2 heterocycles. The molecular formula is C20H25N3O2S. The van der Waals surface area contributed by atoms with Crippen molar-refractivity contribution >= 4 is 17.2 Å². The van der Waals surface area contributed by atoms with Gasteiger partial charge in [-0.05, 0) is 30.2 Å². The zero-order chi connectivity index (χ0) is 18.4. The summed E-state index contributed by atoms with van der Waals surface area (Å²) in [7, 11) is 0. The summed E-state index contributed by atoms with van der Waals surface area (Å²) in [6.07, 6.45) is 4.40. The van der Waals surface area contributed by atoms with E-state index in [1.54, 1.807) is 11.3 Å². The van der Waals surface area contributed by atoms with E-state index in [2.05, 4.69) is 29.0 Å². The Balaban J connectivity index is 1.63. The lowest BCUT2D eigenvalue weighted by Gasteiger charge is -2.14. The molecule has 1 fully saturated rings. The second-order valence-corrected chi connectivity index (χ2v) is 7.56. The third kappa shape index (κ3) is 5.00. The van der Waals surface area contributed by atoms with Crippen LogP contribution in [0.2, 0.25) is 0 Å². The molecule has 0 radical (unpaired) electrons. The first-order valence-electron chi connectivity index (χ1n) is 8.79. The van der Waals surface area contributed by atoms with E-state index < -0.39 is 0 Å². The van der Waals surface area contributed by atoms with Crippen LogP contribution in [-0.4, -0.2) is 22.7 Å². The SMILES string of the molecule is Cc1csc(C2OC(COCc3ccccc3)CC2C)cncnc1N. The topological polar surface area (TPSA) is 70.3 Å². The van der Waals surface area contributed by atoms with Gasteiger partial charge in [-0.2, -0.15) is 0 Å². The maximum absolute atomic E-state index is 6.26. The Morgan fingerprint density at radius 2 is 2.12 bits per heavy atom. The molecule has 2 N–H and O–H groups in total. The van der Waals surface area contributed by atoms with E-state index in [9.17, 15) is 0 Å². The van der Waals surface area contributed by atoms with Crippen LogP contribution in [0.3, 0.4) is 0 Å². The van der Waals surface area contributed by atoms with Crippen molar-refractivity contribution in [3.8, 4) is 0 Å². The molecule has 1 saturated heterocycles. The molecule has 1 aliphatic heterocycles. The van der Waals surface area contributed by atoms with Crippen LogP contribution >= 0.6 is 11.3 Å². The highest BCUT2D eigenvalue weighted by molar-refractivity contribution is 7.09. The molecule has 138 valence electrons. The second-order valence-electron chi connectivity index (χ2n) is 6.62. The molecule has 3 rings (SSSR count). The Kier molecular flexibility index (Phi) is 6.55. The standard InChI is InChI=1S/C20H25N3O2S/c1-14-8-17(11-24-10-16-6-4-3-5-7-16)25-19(14)18-9-22-13-23-20(21)15(2)12-26-18/h3-7,9,12-14,17,19H,8,10-11H2,1-2H3,(H2,21,22,23). The molecular weight excluding hydrogens is 346 g/mol. The lowest BCUT2D eigenvalue weighted by Crippen LogP contribution is -2.14. The number of benzene rings is 1. The van der Waals surface area contributed by atoms with E-state index in [4.69, 9.17) is 15.2 Å². The van der Waals surface area contributed by atoms with Crippen LogP contribution in [0.5, 0.6) is 0 Å². The van der Waals surface area contributed by atoms with Crippen molar-refractivity contribution in [1.29, 1.82) is 0 Å². The molecule has 0 bridgehead atoms. The summed E-state index contributed by atoms with van der Waals surface area (Å²) < 4.78 is 12.1. The van der Waals surface area contributed by atoms with Crippen LogP contribution in [0.15, 0.2) is 48.2 Å². The van der Waals surface area contributed by atoms with E-state index in [1.807, 2.05) is 36.7 Å². The summed E-state index contributed by atoms with van der Waals surface area (Å²) >= 11 is 1.60. The number of hydrogen-bond donors (Lipinski definition) is 1. The van der Waals surface area contributed by atoms with Crippen molar-refractivity contribution in [2.75, 3.05) is 12.3 Å². The third-order valence-electron chi connectivity index (χ3n) is 4.43. The fraction of sp³-hybridized carbons (Fsp3) is 0.400. The maximum atomic E-state index is 6.26. The molecule has 1 aromatic carbocycles. The number of ether oxygens (including phenoxy) is 2. The molecule has 0 saturated carbocycles. The smallest absolute Gasteiger partial charge is 0.128 e. The summed E-state index contributed by atoms with van der Waals surface area (Å²) in [5.41, 5.74) is 7.99. The number of nitrogens with two attached hydrogens (primary N) is 1. The molecule has 1 aliphatic rings. The van der Waals surface area contributed by atoms with E-state index in [0.29, 0.717) is 24.9 Å². The summed E-state index contributed by atoms with van der Waals surface area (Å²) in [4.78, 5) is 9.42. The first-order valence-corrected chi connectivity index (χ1v) is 9.67. The average molecular weight is 372 g/mol. The Hall–Kier alpha value is -2.02. The molecule has 0 spiro atoms. The van der Waals surface area contributed by atoms with Gasteiger partial charge in [0.15, 0.2) is 0 Å². The molecule has 3 unspecified atom stereocenters. The first kappa shape index (κ1) is 18.8. The molecule has 2 aromatic rings. The van der Waals surface area contributed by atoms with Gasteiger partial charge >= 0.3 is 0 Å². The predicted molar refractivity (Wildman–Crippen MR) is 104 cm³/mol. The minimum atomic E-state index is 0.0193. The Morgan fingerprint density at radius 3 is 2.92 bits per heavy atom.